The van der Waals surface area contributed by atoms with Crippen molar-refractivity contribution in [2.75, 3.05) is 18.5 Å². The molecule has 0 unspecified atom stereocenters. The maximum absolute atomic E-state index is 12.1. The number of carbonyl (C=O) groups is 3. The Morgan fingerprint density at radius 3 is 2.41 bits per heavy atom. The van der Waals surface area contributed by atoms with Gasteiger partial charge >= 0.3 is 5.97 Å². The first-order valence-corrected chi connectivity index (χ1v) is 9.27. The van der Waals surface area contributed by atoms with Crippen LogP contribution in [0.1, 0.15) is 21.5 Å². The number of amides is 2. The van der Waals surface area contributed by atoms with Gasteiger partial charge in [0.15, 0.2) is 13.2 Å². The van der Waals surface area contributed by atoms with E-state index >= 15 is 0 Å². The molecule has 0 aliphatic heterocycles. The number of ether oxygens (including phenoxy) is 2. The highest BCUT2D eigenvalue weighted by molar-refractivity contribution is 8.03. The van der Waals surface area contributed by atoms with Gasteiger partial charge in [-0.1, -0.05) is 12.1 Å². The summed E-state index contributed by atoms with van der Waals surface area (Å²) >= 11 is 1.03. The zero-order valence-electron chi connectivity index (χ0n) is 15.9. The molecule has 0 radical (unpaired) electrons. The van der Waals surface area contributed by atoms with Gasteiger partial charge in [0.1, 0.15) is 11.2 Å². The van der Waals surface area contributed by atoms with Gasteiger partial charge < -0.3 is 20.5 Å². The van der Waals surface area contributed by atoms with Gasteiger partial charge in [-0.3, -0.25) is 9.59 Å². The van der Waals surface area contributed by atoms with Crippen molar-refractivity contribution in [2.24, 2.45) is 5.73 Å². The lowest BCUT2D eigenvalue weighted by atomic mass is 10.1. The third-order valence-electron chi connectivity index (χ3n) is 3.80. The van der Waals surface area contributed by atoms with Crippen molar-refractivity contribution in [1.29, 1.82) is 5.26 Å². The van der Waals surface area contributed by atoms with Crippen LogP contribution < -0.4 is 15.8 Å². The van der Waals surface area contributed by atoms with Crippen molar-refractivity contribution in [3.05, 3.63) is 53.1 Å². The molecule has 2 rings (SSSR count). The van der Waals surface area contributed by atoms with Crippen molar-refractivity contribution in [2.45, 2.75) is 18.7 Å². The summed E-state index contributed by atoms with van der Waals surface area (Å²) in [6, 6.07) is 9.79. The summed E-state index contributed by atoms with van der Waals surface area (Å²) in [5, 5.41) is 13.4. The van der Waals surface area contributed by atoms with Crippen LogP contribution in [0.2, 0.25) is 0 Å². The van der Waals surface area contributed by atoms with Crippen LogP contribution in [-0.2, 0) is 14.3 Å². The fraction of sp³-hybridized carbons (Fsp3) is 0.200. The quantitative estimate of drug-likeness (QED) is 0.386. The highest BCUT2D eigenvalue weighted by Crippen LogP contribution is 2.27. The zero-order chi connectivity index (χ0) is 21.4. The van der Waals surface area contributed by atoms with E-state index in [-0.39, 0.29) is 11.3 Å². The molecule has 0 aliphatic rings. The Labute approximate surface area is 172 Å². The number of nitrogens with zero attached hydrogens (tertiary/aromatic N) is 1. The van der Waals surface area contributed by atoms with Gasteiger partial charge in [0.2, 0.25) is 0 Å². The lowest BCUT2D eigenvalue weighted by molar-refractivity contribution is -0.149. The number of thiocyanates is 1. The third-order valence-corrected chi connectivity index (χ3v) is 4.36. The number of hydrogen-bond donors (Lipinski definition) is 2. The normalized spacial score (nSPS) is 9.97. The molecule has 0 aromatic heterocycles. The molecule has 0 fully saturated rings. The van der Waals surface area contributed by atoms with E-state index in [2.05, 4.69) is 5.32 Å². The molecule has 8 nitrogen and oxygen atoms in total. The second-order valence-electron chi connectivity index (χ2n) is 5.98. The van der Waals surface area contributed by atoms with Crippen molar-refractivity contribution in [3.63, 3.8) is 0 Å². The molecule has 29 heavy (non-hydrogen) atoms. The fourth-order valence-corrected chi connectivity index (χ4v) is 3.11. The van der Waals surface area contributed by atoms with Gasteiger partial charge in [-0.2, -0.15) is 5.26 Å². The minimum atomic E-state index is -0.770. The number of esters is 1. The summed E-state index contributed by atoms with van der Waals surface area (Å²) in [5.74, 6) is -1.81. The van der Waals surface area contributed by atoms with E-state index in [9.17, 15) is 14.4 Å². The number of benzene rings is 2. The van der Waals surface area contributed by atoms with Crippen LogP contribution in [0.4, 0.5) is 5.69 Å². The Hall–Kier alpha value is -3.51. The van der Waals surface area contributed by atoms with Gasteiger partial charge in [-0.25, -0.2) is 4.79 Å². The van der Waals surface area contributed by atoms with E-state index in [1.165, 1.54) is 12.1 Å². The predicted octanol–water partition coefficient (Wildman–Crippen LogP) is 2.54. The number of carbonyl (C=O) groups excluding carboxylic acids is 3. The molecular formula is C20H19N3O5S. The Morgan fingerprint density at radius 2 is 1.79 bits per heavy atom. The van der Waals surface area contributed by atoms with Crippen LogP contribution >= 0.6 is 11.8 Å². The van der Waals surface area contributed by atoms with Crippen molar-refractivity contribution < 1.29 is 23.9 Å². The third kappa shape index (κ3) is 6.26. The van der Waals surface area contributed by atoms with Crippen molar-refractivity contribution in [1.82, 2.24) is 0 Å². The lowest BCUT2D eigenvalue weighted by Crippen LogP contribution is -2.24. The predicted molar refractivity (Wildman–Crippen MR) is 107 cm³/mol. The number of rotatable bonds is 8. The molecule has 0 spiro atoms. The summed E-state index contributed by atoms with van der Waals surface area (Å²) in [4.78, 5) is 36.0. The number of nitriles is 1. The number of para-hydroxylation sites is 1. The lowest BCUT2D eigenvalue weighted by Gasteiger charge is -2.13. The number of anilines is 1. The van der Waals surface area contributed by atoms with Gasteiger partial charge in [0.05, 0.1) is 5.56 Å². The summed E-state index contributed by atoms with van der Waals surface area (Å²) in [7, 11) is 0. The highest BCUT2D eigenvalue weighted by atomic mass is 32.2. The molecule has 0 saturated heterocycles. The second-order valence-corrected chi connectivity index (χ2v) is 6.84. The Balaban J connectivity index is 1.88. The number of nitrogens with one attached hydrogen (secondary N) is 1. The van der Waals surface area contributed by atoms with Gasteiger partial charge in [0.25, 0.3) is 11.8 Å². The van der Waals surface area contributed by atoms with Gasteiger partial charge in [-0.15, -0.1) is 0 Å². The molecule has 9 heteroatoms. The minimum Gasteiger partial charge on any atom is -0.481 e. The fourth-order valence-electron chi connectivity index (χ4n) is 2.53. The van der Waals surface area contributed by atoms with Gasteiger partial charge in [0, 0.05) is 10.6 Å². The maximum Gasteiger partial charge on any atom is 0.344 e. The topological polar surface area (TPSA) is 132 Å². The molecule has 2 aromatic carbocycles. The molecular weight excluding hydrogens is 394 g/mol. The monoisotopic (exact) mass is 413 g/mol. The number of aryl methyl sites for hydroxylation is 2. The van der Waals surface area contributed by atoms with Crippen molar-refractivity contribution >= 4 is 35.2 Å². The minimum absolute atomic E-state index is 0.141. The number of primary amides is 1. The first-order chi connectivity index (χ1) is 13.8. The Morgan fingerprint density at radius 1 is 1.14 bits per heavy atom. The summed E-state index contributed by atoms with van der Waals surface area (Å²) < 4.78 is 10.2. The summed E-state index contributed by atoms with van der Waals surface area (Å²) in [6.07, 6.45) is 0. The van der Waals surface area contributed by atoms with E-state index in [0.717, 1.165) is 27.8 Å². The molecule has 0 heterocycles. The Bertz CT molecular complexity index is 961. The first kappa shape index (κ1) is 21.8. The van der Waals surface area contributed by atoms with Crippen molar-refractivity contribution in [3.8, 4) is 11.2 Å². The van der Waals surface area contributed by atoms with Crippen LogP contribution in [0.5, 0.6) is 5.75 Å². The molecule has 0 saturated carbocycles. The first-order valence-electron chi connectivity index (χ1n) is 8.46. The highest BCUT2D eigenvalue weighted by Gasteiger charge is 2.14. The van der Waals surface area contributed by atoms with E-state index in [0.29, 0.717) is 5.69 Å². The summed E-state index contributed by atoms with van der Waals surface area (Å²) in [6.45, 7) is 2.64. The molecule has 0 aliphatic carbocycles. The van der Waals surface area contributed by atoms with Crippen LogP contribution in [0.15, 0.2) is 41.3 Å². The van der Waals surface area contributed by atoms with E-state index in [4.69, 9.17) is 20.5 Å². The van der Waals surface area contributed by atoms with Crippen LogP contribution in [0, 0.1) is 24.5 Å². The average molecular weight is 413 g/mol. The van der Waals surface area contributed by atoms with Crippen LogP contribution in [-0.4, -0.2) is 31.0 Å². The maximum atomic E-state index is 12.1. The molecule has 150 valence electrons. The molecule has 3 N–H and O–H groups in total. The summed E-state index contributed by atoms with van der Waals surface area (Å²) in [5.41, 5.74) is 7.55. The number of nitrogens with two attached hydrogens (primary N) is 1. The Kier molecular flexibility index (Phi) is 7.62. The average Bonchev–Trinajstić information content (AvgIpc) is 2.68. The zero-order valence-corrected chi connectivity index (χ0v) is 16.7. The standard InChI is InChI=1S/C20H19N3O5S/c1-12-7-14(29-11-21)8-13(2)19(12)23-17(24)9-28-18(25)10-27-16-6-4-3-5-15(16)20(22)26/h3-8H,9-10H2,1-2H3,(H2,22,26)(H,23,24). The van der Waals surface area contributed by atoms with E-state index < -0.39 is 31.0 Å². The molecule has 0 bridgehead atoms. The number of hydrogen-bond acceptors (Lipinski definition) is 7. The molecule has 0 atom stereocenters. The van der Waals surface area contributed by atoms with Gasteiger partial charge in [-0.05, 0) is 61.0 Å². The number of thioether (sulfide) groups is 1. The van der Waals surface area contributed by atoms with Crippen LogP contribution in [0.25, 0.3) is 0 Å². The molecule has 2 amide bonds. The largest absolute Gasteiger partial charge is 0.481 e. The SMILES string of the molecule is Cc1cc(SC#N)cc(C)c1NC(=O)COC(=O)COc1ccccc1C(N)=O. The van der Waals surface area contributed by atoms with E-state index in [1.54, 1.807) is 38.1 Å². The van der Waals surface area contributed by atoms with Crippen LogP contribution in [0.3, 0.4) is 0 Å². The van der Waals surface area contributed by atoms with E-state index in [1.807, 2.05) is 5.40 Å². The molecule has 2 aromatic rings. The smallest absolute Gasteiger partial charge is 0.344 e. The second kappa shape index (κ2) is 10.1.